The van der Waals surface area contributed by atoms with E-state index in [1.807, 2.05) is 24.3 Å². The molecule has 0 amide bonds. The Morgan fingerprint density at radius 3 is 2.53 bits per heavy atom. The molecule has 0 radical (unpaired) electrons. The minimum absolute atomic E-state index is 0.00249. The van der Waals surface area contributed by atoms with E-state index in [1.165, 1.54) is 6.20 Å². The highest BCUT2D eigenvalue weighted by atomic mass is 16.4. The summed E-state index contributed by atoms with van der Waals surface area (Å²) < 4.78 is 0. The van der Waals surface area contributed by atoms with E-state index in [9.17, 15) is 14.7 Å². The van der Waals surface area contributed by atoms with E-state index >= 15 is 0 Å². The molecule has 1 aromatic carbocycles. The maximum Gasteiger partial charge on any atom is 0.307 e. The number of aromatic nitrogens is 4. The summed E-state index contributed by atoms with van der Waals surface area (Å²) in [4.78, 5) is 37.8. The lowest BCUT2D eigenvalue weighted by atomic mass is 9.90. The summed E-state index contributed by atoms with van der Waals surface area (Å²) in [6.45, 7) is 3.22. The molecule has 2 aromatic heterocycles. The van der Waals surface area contributed by atoms with Crippen molar-refractivity contribution in [3.63, 3.8) is 0 Å². The zero-order chi connectivity index (χ0) is 26.3. The van der Waals surface area contributed by atoms with E-state index in [4.69, 9.17) is 10.2 Å². The zero-order valence-electron chi connectivity index (χ0n) is 21.1. The van der Waals surface area contributed by atoms with Crippen LogP contribution < -0.4 is 20.7 Å². The van der Waals surface area contributed by atoms with Gasteiger partial charge in [-0.15, -0.1) is 0 Å². The van der Waals surface area contributed by atoms with Crippen LogP contribution in [0.25, 0.3) is 10.9 Å². The van der Waals surface area contributed by atoms with Crippen molar-refractivity contribution in [1.82, 2.24) is 20.2 Å². The van der Waals surface area contributed by atoms with Crippen LogP contribution in [0.2, 0.25) is 0 Å². The predicted molar refractivity (Wildman–Crippen MR) is 142 cm³/mol. The fourth-order valence-corrected chi connectivity index (χ4v) is 6.04. The van der Waals surface area contributed by atoms with Crippen molar-refractivity contribution >= 4 is 40.0 Å². The molecule has 6 rings (SSSR count). The van der Waals surface area contributed by atoms with Crippen LogP contribution in [0.1, 0.15) is 38.5 Å². The van der Waals surface area contributed by atoms with Crippen molar-refractivity contribution < 1.29 is 9.90 Å². The summed E-state index contributed by atoms with van der Waals surface area (Å²) in [6, 6.07) is 10.3. The van der Waals surface area contributed by atoms with E-state index in [0.29, 0.717) is 35.0 Å². The fraction of sp³-hybridized carbons (Fsp3) is 0.481. The highest BCUT2D eigenvalue weighted by Gasteiger charge is 2.58. The monoisotopic (exact) mass is 514 g/mol. The molecule has 38 heavy (non-hydrogen) atoms. The number of piperidine rings is 2. The van der Waals surface area contributed by atoms with Crippen molar-refractivity contribution in [3.05, 3.63) is 40.8 Å². The lowest BCUT2D eigenvalue weighted by Gasteiger charge is -2.34. The minimum atomic E-state index is -0.660. The van der Waals surface area contributed by atoms with Crippen molar-refractivity contribution in [2.45, 2.75) is 38.5 Å². The Labute approximate surface area is 219 Å². The Balaban J connectivity index is 1.19. The Morgan fingerprint density at radius 1 is 1.13 bits per heavy atom. The molecule has 1 aliphatic carbocycles. The molecule has 3 N–H and O–H groups in total. The number of aliphatic carboxylic acids is 1. The topological polar surface area (TPSA) is 151 Å². The number of fused-ring (bicyclic) bond motifs is 1. The first-order valence-electron chi connectivity index (χ1n) is 13.2. The molecule has 3 fully saturated rings. The molecule has 3 aliphatic rings. The van der Waals surface area contributed by atoms with Gasteiger partial charge in [0.15, 0.2) is 0 Å². The molecular formula is C27H30N8O3. The maximum atomic E-state index is 12.6. The first-order valence-corrected chi connectivity index (χ1v) is 13.2. The molecule has 11 nitrogen and oxygen atoms in total. The first kappa shape index (κ1) is 24.2. The number of hydrogen-bond donors (Lipinski definition) is 3. The molecule has 1 saturated carbocycles. The van der Waals surface area contributed by atoms with Gasteiger partial charge in [0, 0.05) is 44.0 Å². The Hall–Kier alpha value is -4.20. The van der Waals surface area contributed by atoms with Gasteiger partial charge in [0.25, 0.3) is 5.56 Å². The van der Waals surface area contributed by atoms with Crippen LogP contribution in [0.3, 0.4) is 0 Å². The van der Waals surface area contributed by atoms with Gasteiger partial charge in [-0.25, -0.2) is 10.1 Å². The smallest absolute Gasteiger partial charge is 0.307 e. The number of benzene rings is 1. The van der Waals surface area contributed by atoms with E-state index in [0.717, 1.165) is 69.7 Å². The van der Waals surface area contributed by atoms with Gasteiger partial charge in [-0.2, -0.15) is 15.3 Å². The number of carboxylic acids is 1. The van der Waals surface area contributed by atoms with Gasteiger partial charge in [0.1, 0.15) is 16.7 Å². The van der Waals surface area contributed by atoms with Crippen LogP contribution in [-0.4, -0.2) is 57.4 Å². The van der Waals surface area contributed by atoms with E-state index in [2.05, 4.69) is 36.4 Å². The van der Waals surface area contributed by atoms with Crippen LogP contribution in [0.5, 0.6) is 0 Å². The lowest BCUT2D eigenvalue weighted by Crippen LogP contribution is -2.35. The molecule has 1 spiro atoms. The highest BCUT2D eigenvalue weighted by Crippen LogP contribution is 2.59. The van der Waals surface area contributed by atoms with Crippen LogP contribution in [0.15, 0.2) is 35.3 Å². The average molecular weight is 515 g/mol. The number of nitriles is 1. The second-order valence-electron chi connectivity index (χ2n) is 10.7. The number of H-pyrrole nitrogens is 1. The van der Waals surface area contributed by atoms with Crippen LogP contribution in [-0.2, 0) is 4.79 Å². The van der Waals surface area contributed by atoms with Crippen LogP contribution >= 0.6 is 0 Å². The standard InChI is InChI=1S/C27H30N8O3/c28-10-5-17-6-11-35(12-7-17)26-31-21-16-29-33-24(36)22(21)23(32-26)30-18-1-3-19(4-2-18)34-13-8-27(9-14-34)15-20(27)25(37)38/h1-4,16-17,20H,5-9,11-15H2,(H,33,36)(H,37,38)(H,30,31,32). The predicted octanol–water partition coefficient (Wildman–Crippen LogP) is 3.28. The first-order chi connectivity index (χ1) is 18.5. The summed E-state index contributed by atoms with van der Waals surface area (Å²) in [5, 5.41) is 28.4. The van der Waals surface area contributed by atoms with E-state index in [-0.39, 0.29) is 16.9 Å². The van der Waals surface area contributed by atoms with Crippen LogP contribution in [0.4, 0.5) is 23.1 Å². The van der Waals surface area contributed by atoms with Gasteiger partial charge in [-0.3, -0.25) is 9.59 Å². The van der Waals surface area contributed by atoms with Gasteiger partial charge in [-0.05, 0) is 67.7 Å². The molecular weight excluding hydrogens is 484 g/mol. The number of aromatic amines is 1. The Bertz CT molecular complexity index is 1450. The van der Waals surface area contributed by atoms with E-state index < -0.39 is 5.97 Å². The SMILES string of the molecule is N#CCC1CCN(c2nc(Nc3ccc(N4CCC5(CC4)CC5C(=O)O)cc3)c3c(=O)[nH]ncc3n2)CC1. The van der Waals surface area contributed by atoms with Crippen molar-refractivity contribution in [2.24, 2.45) is 17.3 Å². The molecule has 2 saturated heterocycles. The number of rotatable bonds is 6. The lowest BCUT2D eigenvalue weighted by molar-refractivity contribution is -0.139. The minimum Gasteiger partial charge on any atom is -0.481 e. The van der Waals surface area contributed by atoms with Gasteiger partial charge in [0.2, 0.25) is 5.95 Å². The molecule has 11 heteroatoms. The van der Waals surface area contributed by atoms with E-state index in [1.54, 1.807) is 0 Å². The molecule has 4 heterocycles. The number of anilines is 4. The Morgan fingerprint density at radius 2 is 1.87 bits per heavy atom. The van der Waals surface area contributed by atoms with Crippen molar-refractivity contribution in [3.8, 4) is 6.07 Å². The van der Waals surface area contributed by atoms with Gasteiger partial charge in [0.05, 0.1) is 18.2 Å². The summed E-state index contributed by atoms with van der Waals surface area (Å²) in [5.41, 5.74) is 2.00. The summed E-state index contributed by atoms with van der Waals surface area (Å²) in [5.74, 6) is 0.527. The number of nitrogens with zero attached hydrogens (tertiary/aromatic N) is 6. The number of nitrogens with one attached hydrogen (secondary N) is 2. The third-order valence-corrected chi connectivity index (χ3v) is 8.52. The van der Waals surface area contributed by atoms with Crippen LogP contribution in [0, 0.1) is 28.6 Å². The quantitative estimate of drug-likeness (QED) is 0.447. The van der Waals surface area contributed by atoms with Gasteiger partial charge in [-0.1, -0.05) is 0 Å². The summed E-state index contributed by atoms with van der Waals surface area (Å²) in [7, 11) is 0. The molecule has 3 aromatic rings. The molecule has 196 valence electrons. The Kier molecular flexibility index (Phi) is 6.10. The van der Waals surface area contributed by atoms with Gasteiger partial charge < -0.3 is 20.2 Å². The second kappa shape index (κ2) is 9.59. The highest BCUT2D eigenvalue weighted by molar-refractivity contribution is 5.90. The summed E-state index contributed by atoms with van der Waals surface area (Å²) in [6.07, 6.45) is 6.53. The van der Waals surface area contributed by atoms with Gasteiger partial charge >= 0.3 is 5.97 Å². The largest absolute Gasteiger partial charge is 0.481 e. The molecule has 1 atom stereocenters. The van der Waals surface area contributed by atoms with Crippen molar-refractivity contribution in [1.29, 1.82) is 5.26 Å². The molecule has 1 unspecified atom stereocenters. The number of hydrogen-bond acceptors (Lipinski definition) is 9. The maximum absolute atomic E-state index is 12.6. The fourth-order valence-electron chi connectivity index (χ4n) is 6.04. The molecule has 0 bridgehead atoms. The molecule has 2 aliphatic heterocycles. The zero-order valence-corrected chi connectivity index (χ0v) is 21.1. The second-order valence-corrected chi connectivity index (χ2v) is 10.7. The van der Waals surface area contributed by atoms with Crippen molar-refractivity contribution in [2.75, 3.05) is 41.3 Å². The number of carboxylic acid groups (broad SMARTS) is 1. The summed E-state index contributed by atoms with van der Waals surface area (Å²) >= 11 is 0. The number of carbonyl (C=O) groups is 1. The normalized spacial score (nSPS) is 20.9. The third-order valence-electron chi connectivity index (χ3n) is 8.52. The third kappa shape index (κ3) is 4.51. The average Bonchev–Trinajstić information content (AvgIpc) is 3.63.